The van der Waals surface area contributed by atoms with E-state index in [9.17, 15) is 26.3 Å². The van der Waals surface area contributed by atoms with E-state index in [0.717, 1.165) is 32.5 Å². The zero-order valence-corrected chi connectivity index (χ0v) is 14.8. The Labute approximate surface area is 154 Å². The highest BCUT2D eigenvalue weighted by atomic mass is 19.4. The molecule has 0 spiro atoms. The summed E-state index contributed by atoms with van der Waals surface area (Å²) in [4.78, 5) is 2.23. The molecule has 1 heterocycles. The third kappa shape index (κ3) is 6.14. The van der Waals surface area contributed by atoms with Crippen LogP contribution in [0.1, 0.15) is 29.5 Å². The molecule has 0 unspecified atom stereocenters. The van der Waals surface area contributed by atoms with Crippen molar-refractivity contribution in [2.75, 3.05) is 32.7 Å². The molecule has 0 aliphatic carbocycles. The summed E-state index contributed by atoms with van der Waals surface area (Å²) in [6, 6.07) is 1.49. The van der Waals surface area contributed by atoms with Crippen molar-refractivity contribution in [3.63, 3.8) is 0 Å². The van der Waals surface area contributed by atoms with Crippen LogP contribution < -0.4 is 11.1 Å². The molecule has 0 atom stereocenters. The quantitative estimate of drug-likeness (QED) is 0.717. The van der Waals surface area contributed by atoms with Gasteiger partial charge in [-0.2, -0.15) is 26.3 Å². The number of benzene rings is 1. The highest BCUT2D eigenvalue weighted by molar-refractivity contribution is 5.63. The fraction of sp³-hybridized carbons (Fsp3) is 0.556. The van der Waals surface area contributed by atoms with Crippen LogP contribution in [0.4, 0.5) is 26.3 Å². The Balaban J connectivity index is 2.05. The minimum absolute atomic E-state index is 0.0518. The van der Waals surface area contributed by atoms with Gasteiger partial charge in [0.05, 0.1) is 11.1 Å². The highest BCUT2D eigenvalue weighted by Gasteiger charge is 2.37. The molecule has 27 heavy (non-hydrogen) atoms. The molecular weight excluding hydrogens is 372 g/mol. The van der Waals surface area contributed by atoms with Crippen molar-refractivity contribution in [3.8, 4) is 0 Å². The molecule has 1 saturated heterocycles. The summed E-state index contributed by atoms with van der Waals surface area (Å²) in [5.74, 6) is 0.281. The van der Waals surface area contributed by atoms with Crippen LogP contribution in [-0.2, 0) is 12.4 Å². The van der Waals surface area contributed by atoms with E-state index in [1.165, 1.54) is 0 Å². The second-order valence-electron chi connectivity index (χ2n) is 6.73. The van der Waals surface area contributed by atoms with E-state index in [1.807, 2.05) is 0 Å². The normalized spacial score (nSPS) is 17.1. The molecule has 0 saturated carbocycles. The van der Waals surface area contributed by atoms with Gasteiger partial charge in [-0.15, -0.1) is 0 Å². The minimum atomic E-state index is -4.87. The first-order valence-electron chi connectivity index (χ1n) is 8.65. The number of hydrogen-bond acceptors (Lipinski definition) is 3. The van der Waals surface area contributed by atoms with Crippen LogP contribution >= 0.6 is 0 Å². The predicted molar refractivity (Wildman–Crippen MR) is 91.7 cm³/mol. The second-order valence-corrected chi connectivity index (χ2v) is 6.73. The van der Waals surface area contributed by atoms with E-state index >= 15 is 0 Å². The van der Waals surface area contributed by atoms with Gasteiger partial charge in [-0.05, 0) is 55.6 Å². The minimum Gasteiger partial charge on any atom is -0.385 e. The largest absolute Gasteiger partial charge is 0.416 e. The van der Waals surface area contributed by atoms with Crippen LogP contribution in [0.25, 0.3) is 5.70 Å². The molecule has 0 bridgehead atoms. The molecule has 1 aromatic rings. The molecule has 3 N–H and O–H groups in total. The molecule has 1 aliphatic rings. The van der Waals surface area contributed by atoms with Gasteiger partial charge in [0.1, 0.15) is 0 Å². The number of nitrogens with two attached hydrogens (primary N) is 1. The maximum absolute atomic E-state index is 12.9. The van der Waals surface area contributed by atoms with E-state index in [4.69, 9.17) is 5.73 Å². The Morgan fingerprint density at radius 3 is 2.00 bits per heavy atom. The number of piperidine rings is 1. The Kier molecular flexibility index (Phi) is 6.80. The summed E-state index contributed by atoms with van der Waals surface area (Å²) in [5, 5.41) is 2.90. The monoisotopic (exact) mass is 395 g/mol. The topological polar surface area (TPSA) is 41.3 Å². The van der Waals surface area contributed by atoms with Gasteiger partial charge in [0, 0.05) is 25.3 Å². The van der Waals surface area contributed by atoms with Gasteiger partial charge in [0.15, 0.2) is 0 Å². The van der Waals surface area contributed by atoms with Gasteiger partial charge in [-0.3, -0.25) is 0 Å². The number of halogens is 6. The van der Waals surface area contributed by atoms with Crippen molar-refractivity contribution in [1.82, 2.24) is 10.2 Å². The van der Waals surface area contributed by atoms with Gasteiger partial charge in [-0.1, -0.05) is 6.58 Å². The Hall–Kier alpha value is -1.74. The van der Waals surface area contributed by atoms with Gasteiger partial charge < -0.3 is 16.0 Å². The number of nitrogens with zero attached hydrogens (tertiary/aromatic N) is 1. The Morgan fingerprint density at radius 2 is 1.56 bits per heavy atom. The van der Waals surface area contributed by atoms with Crippen LogP contribution in [0.15, 0.2) is 24.8 Å². The fourth-order valence-electron chi connectivity index (χ4n) is 3.10. The lowest BCUT2D eigenvalue weighted by Crippen LogP contribution is -2.39. The molecule has 0 aromatic heterocycles. The Morgan fingerprint density at radius 1 is 1.04 bits per heavy atom. The van der Waals surface area contributed by atoms with E-state index in [0.29, 0.717) is 25.2 Å². The number of alkyl halides is 6. The van der Waals surface area contributed by atoms with Crippen LogP contribution in [-0.4, -0.2) is 37.6 Å². The molecular formula is C18H23F6N3. The smallest absolute Gasteiger partial charge is 0.385 e. The first kappa shape index (κ1) is 21.6. The lowest BCUT2D eigenvalue weighted by molar-refractivity contribution is -0.143. The van der Waals surface area contributed by atoms with Crippen molar-refractivity contribution >= 4 is 5.70 Å². The van der Waals surface area contributed by atoms with Crippen LogP contribution in [0.2, 0.25) is 0 Å². The van der Waals surface area contributed by atoms with Gasteiger partial charge >= 0.3 is 12.4 Å². The summed E-state index contributed by atoms with van der Waals surface area (Å²) in [6.07, 6.45) is -7.97. The number of rotatable bonds is 6. The lowest BCUT2D eigenvalue weighted by atomic mass is 9.96. The summed E-state index contributed by atoms with van der Waals surface area (Å²) in [7, 11) is 0. The van der Waals surface area contributed by atoms with Crippen LogP contribution in [0.5, 0.6) is 0 Å². The Bertz CT molecular complexity index is 613. The molecule has 1 aliphatic heterocycles. The summed E-state index contributed by atoms with van der Waals surface area (Å²) in [6.45, 7) is 7.22. The molecule has 0 radical (unpaired) electrons. The maximum Gasteiger partial charge on any atom is 0.416 e. The average Bonchev–Trinajstić information content (AvgIpc) is 2.59. The maximum atomic E-state index is 12.9. The van der Waals surface area contributed by atoms with Crippen molar-refractivity contribution < 1.29 is 26.3 Å². The van der Waals surface area contributed by atoms with Gasteiger partial charge in [0.2, 0.25) is 0 Å². The third-order valence-electron chi connectivity index (χ3n) is 4.69. The van der Waals surface area contributed by atoms with Crippen molar-refractivity contribution in [2.24, 2.45) is 11.7 Å². The zero-order valence-electron chi connectivity index (χ0n) is 14.8. The molecule has 3 nitrogen and oxygen atoms in total. The zero-order chi connectivity index (χ0) is 20.2. The van der Waals surface area contributed by atoms with E-state index in [-0.39, 0.29) is 23.2 Å². The lowest BCUT2D eigenvalue weighted by Gasteiger charge is -2.32. The van der Waals surface area contributed by atoms with Gasteiger partial charge in [-0.25, -0.2) is 0 Å². The number of likely N-dealkylation sites (tertiary alicyclic amines) is 1. The highest BCUT2D eigenvalue weighted by Crippen LogP contribution is 2.37. The average molecular weight is 395 g/mol. The van der Waals surface area contributed by atoms with Crippen molar-refractivity contribution in [1.29, 1.82) is 0 Å². The van der Waals surface area contributed by atoms with Crippen LogP contribution in [0, 0.1) is 5.92 Å². The van der Waals surface area contributed by atoms with Crippen LogP contribution in [0.3, 0.4) is 0 Å². The molecule has 1 aromatic carbocycles. The predicted octanol–water partition coefficient (Wildman–Crippen LogP) is 3.96. The SMILES string of the molecule is C=C(NCC1CCN(CCN)CC1)c1cc(C(F)(F)F)cc(C(F)(F)F)c1. The fourth-order valence-corrected chi connectivity index (χ4v) is 3.10. The van der Waals surface area contributed by atoms with Gasteiger partial charge in [0.25, 0.3) is 0 Å². The first-order valence-corrected chi connectivity index (χ1v) is 8.65. The molecule has 152 valence electrons. The van der Waals surface area contributed by atoms with Crippen molar-refractivity contribution in [3.05, 3.63) is 41.5 Å². The number of nitrogens with one attached hydrogen (secondary N) is 1. The first-order chi connectivity index (χ1) is 12.5. The summed E-state index contributed by atoms with van der Waals surface area (Å²) in [5.41, 5.74) is 2.67. The third-order valence-corrected chi connectivity index (χ3v) is 4.69. The summed E-state index contributed by atoms with van der Waals surface area (Å²) >= 11 is 0. The number of hydrogen-bond donors (Lipinski definition) is 2. The molecule has 2 rings (SSSR count). The van der Waals surface area contributed by atoms with Crippen molar-refractivity contribution in [2.45, 2.75) is 25.2 Å². The molecule has 0 amide bonds. The standard InChI is InChI=1S/C18H23F6N3/c1-12(26-11-13-2-5-27(6-3-13)7-4-25)14-8-15(17(19,20)21)10-16(9-14)18(22,23)24/h8-10,13,26H,1-7,11,25H2. The van der Waals surface area contributed by atoms with E-state index in [2.05, 4.69) is 16.8 Å². The van der Waals surface area contributed by atoms with E-state index < -0.39 is 23.5 Å². The second kappa shape index (κ2) is 8.52. The molecule has 9 heteroatoms. The molecule has 1 fully saturated rings. The summed E-state index contributed by atoms with van der Waals surface area (Å²) < 4.78 is 77.7. The van der Waals surface area contributed by atoms with E-state index in [1.54, 1.807) is 0 Å².